The lowest BCUT2D eigenvalue weighted by Crippen LogP contribution is -2.14. The summed E-state index contributed by atoms with van der Waals surface area (Å²) < 4.78 is 33.1. The Morgan fingerprint density at radius 1 is 0.962 bits per heavy atom. The molecule has 0 aliphatic rings. The fourth-order valence-electron chi connectivity index (χ4n) is 2.39. The zero-order valence-electron chi connectivity index (χ0n) is 13.6. The van der Waals surface area contributed by atoms with Crippen LogP contribution >= 0.6 is 23.2 Å². The Kier molecular flexibility index (Phi) is 5.36. The molecule has 8 heteroatoms. The van der Waals surface area contributed by atoms with Gasteiger partial charge in [0.25, 0.3) is 10.0 Å². The van der Waals surface area contributed by atoms with E-state index in [4.69, 9.17) is 27.9 Å². The molecule has 134 valence electrons. The van der Waals surface area contributed by atoms with Crippen LogP contribution in [0.15, 0.2) is 65.8 Å². The highest BCUT2D eigenvalue weighted by Gasteiger charge is 2.20. The van der Waals surface area contributed by atoms with Crippen molar-refractivity contribution in [2.45, 2.75) is 4.90 Å². The van der Waals surface area contributed by atoms with Crippen LogP contribution in [0.1, 0.15) is 0 Å². The standard InChI is InChI=1S/C18H14Cl2N2O3S/c1-25-17-6-5-15(20)9-18(17)26(23,24)22-16-8-13(10-21-11-16)12-3-2-4-14(19)7-12/h2-11,22H,1H3. The lowest BCUT2D eigenvalue weighted by atomic mass is 10.1. The predicted molar refractivity (Wildman–Crippen MR) is 103 cm³/mol. The van der Waals surface area contributed by atoms with Crippen LogP contribution in [0.4, 0.5) is 5.69 Å². The number of rotatable bonds is 5. The molecular formula is C18H14Cl2N2O3S. The molecule has 0 saturated carbocycles. The highest BCUT2D eigenvalue weighted by atomic mass is 35.5. The first-order chi connectivity index (χ1) is 12.4. The molecule has 0 unspecified atom stereocenters. The van der Waals surface area contributed by atoms with Gasteiger partial charge < -0.3 is 4.74 Å². The van der Waals surface area contributed by atoms with E-state index < -0.39 is 10.0 Å². The molecule has 3 aromatic rings. The molecule has 0 aliphatic heterocycles. The molecule has 1 aromatic heterocycles. The van der Waals surface area contributed by atoms with Gasteiger partial charge in [-0.3, -0.25) is 9.71 Å². The van der Waals surface area contributed by atoms with Gasteiger partial charge in [-0.1, -0.05) is 35.3 Å². The van der Waals surface area contributed by atoms with Crippen LogP contribution in [-0.4, -0.2) is 20.5 Å². The highest BCUT2D eigenvalue weighted by molar-refractivity contribution is 7.92. The maximum absolute atomic E-state index is 12.7. The number of ether oxygens (including phenoxy) is 1. The number of hydrogen-bond acceptors (Lipinski definition) is 4. The Labute approximate surface area is 161 Å². The van der Waals surface area contributed by atoms with Gasteiger partial charge in [-0.25, -0.2) is 8.42 Å². The third-order valence-corrected chi connectivity index (χ3v) is 5.44. The summed E-state index contributed by atoms with van der Waals surface area (Å²) in [7, 11) is -2.52. The third-order valence-electron chi connectivity index (χ3n) is 3.56. The Balaban J connectivity index is 1.96. The minimum absolute atomic E-state index is 0.0549. The monoisotopic (exact) mass is 408 g/mol. The number of methoxy groups -OCH3 is 1. The zero-order valence-corrected chi connectivity index (χ0v) is 15.9. The van der Waals surface area contributed by atoms with E-state index in [2.05, 4.69) is 9.71 Å². The van der Waals surface area contributed by atoms with Gasteiger partial charge in [0.15, 0.2) is 0 Å². The van der Waals surface area contributed by atoms with Crippen LogP contribution in [0.3, 0.4) is 0 Å². The fraction of sp³-hybridized carbons (Fsp3) is 0.0556. The van der Waals surface area contributed by atoms with Crippen LogP contribution < -0.4 is 9.46 Å². The minimum atomic E-state index is -3.91. The number of nitrogens with zero attached hydrogens (tertiary/aromatic N) is 1. The van der Waals surface area contributed by atoms with E-state index in [1.165, 1.54) is 25.4 Å². The molecule has 1 heterocycles. The lowest BCUT2D eigenvalue weighted by Gasteiger charge is -2.12. The van der Waals surface area contributed by atoms with Crippen LogP contribution in [-0.2, 0) is 10.0 Å². The van der Waals surface area contributed by atoms with Gasteiger partial charge in [-0.05, 0) is 42.0 Å². The number of pyridine rings is 1. The number of anilines is 1. The van der Waals surface area contributed by atoms with Gasteiger partial charge in [0.2, 0.25) is 0 Å². The Hall–Kier alpha value is -2.28. The second kappa shape index (κ2) is 7.53. The predicted octanol–water partition coefficient (Wildman–Crippen LogP) is 4.86. The maximum atomic E-state index is 12.7. The molecule has 0 radical (unpaired) electrons. The van der Waals surface area contributed by atoms with E-state index in [1.54, 1.807) is 30.5 Å². The first-order valence-electron chi connectivity index (χ1n) is 7.46. The van der Waals surface area contributed by atoms with Crippen LogP contribution in [0.2, 0.25) is 10.0 Å². The summed E-state index contributed by atoms with van der Waals surface area (Å²) in [4.78, 5) is 4.05. The number of sulfonamides is 1. The van der Waals surface area contributed by atoms with E-state index in [0.29, 0.717) is 10.7 Å². The van der Waals surface area contributed by atoms with Crippen molar-refractivity contribution in [3.8, 4) is 16.9 Å². The molecule has 0 fully saturated rings. The topological polar surface area (TPSA) is 68.3 Å². The SMILES string of the molecule is COc1ccc(Cl)cc1S(=O)(=O)Nc1cncc(-c2cccc(Cl)c2)c1. The van der Waals surface area contributed by atoms with Crippen molar-refractivity contribution in [1.82, 2.24) is 4.98 Å². The first-order valence-corrected chi connectivity index (χ1v) is 9.70. The van der Waals surface area contributed by atoms with Crippen molar-refractivity contribution in [3.63, 3.8) is 0 Å². The summed E-state index contributed by atoms with van der Waals surface area (Å²) >= 11 is 11.9. The van der Waals surface area contributed by atoms with Crippen LogP contribution in [0, 0.1) is 0 Å². The fourth-order valence-corrected chi connectivity index (χ4v) is 4.05. The Bertz CT molecular complexity index is 1060. The van der Waals surface area contributed by atoms with Crippen molar-refractivity contribution in [3.05, 3.63) is 71.0 Å². The van der Waals surface area contributed by atoms with Gasteiger partial charge in [0.05, 0.1) is 19.0 Å². The van der Waals surface area contributed by atoms with E-state index >= 15 is 0 Å². The molecule has 3 rings (SSSR count). The van der Waals surface area contributed by atoms with Gasteiger partial charge in [0.1, 0.15) is 10.6 Å². The number of nitrogens with one attached hydrogen (secondary N) is 1. The van der Waals surface area contributed by atoms with Crippen molar-refractivity contribution in [1.29, 1.82) is 0 Å². The zero-order chi connectivity index (χ0) is 18.7. The van der Waals surface area contributed by atoms with Gasteiger partial charge in [0, 0.05) is 21.8 Å². The minimum Gasteiger partial charge on any atom is -0.495 e. The van der Waals surface area contributed by atoms with E-state index in [9.17, 15) is 8.42 Å². The van der Waals surface area contributed by atoms with E-state index in [-0.39, 0.29) is 15.7 Å². The molecule has 0 atom stereocenters. The molecule has 5 nitrogen and oxygen atoms in total. The summed E-state index contributed by atoms with van der Waals surface area (Å²) in [6, 6.07) is 13.3. The smallest absolute Gasteiger partial charge is 0.265 e. The van der Waals surface area contributed by atoms with Crippen LogP contribution in [0.25, 0.3) is 11.1 Å². The second-order valence-electron chi connectivity index (χ2n) is 5.37. The van der Waals surface area contributed by atoms with Gasteiger partial charge in [-0.2, -0.15) is 0 Å². The Morgan fingerprint density at radius 3 is 2.46 bits per heavy atom. The average Bonchev–Trinajstić information content (AvgIpc) is 2.61. The van der Waals surface area contributed by atoms with Gasteiger partial charge in [-0.15, -0.1) is 0 Å². The maximum Gasteiger partial charge on any atom is 0.265 e. The molecule has 26 heavy (non-hydrogen) atoms. The first kappa shape index (κ1) is 18.5. The number of halogens is 2. The van der Waals surface area contributed by atoms with E-state index in [0.717, 1.165) is 11.1 Å². The average molecular weight is 409 g/mol. The van der Waals surface area contributed by atoms with Crippen LogP contribution in [0.5, 0.6) is 5.75 Å². The summed E-state index contributed by atoms with van der Waals surface area (Å²) in [5.74, 6) is 0.195. The van der Waals surface area contributed by atoms with Crippen molar-refractivity contribution in [2.24, 2.45) is 0 Å². The molecule has 1 N–H and O–H groups in total. The quantitative estimate of drug-likeness (QED) is 0.653. The molecule has 0 saturated heterocycles. The highest BCUT2D eigenvalue weighted by Crippen LogP contribution is 2.30. The molecule has 0 aliphatic carbocycles. The molecule has 0 spiro atoms. The second-order valence-corrected chi connectivity index (χ2v) is 7.90. The normalized spacial score (nSPS) is 11.2. The number of hydrogen-bond donors (Lipinski definition) is 1. The Morgan fingerprint density at radius 2 is 1.73 bits per heavy atom. The van der Waals surface area contributed by atoms with Crippen molar-refractivity contribution < 1.29 is 13.2 Å². The van der Waals surface area contributed by atoms with Crippen molar-refractivity contribution >= 4 is 38.9 Å². The molecule has 2 aromatic carbocycles. The number of aromatic nitrogens is 1. The lowest BCUT2D eigenvalue weighted by molar-refractivity contribution is 0.403. The van der Waals surface area contributed by atoms with E-state index in [1.807, 2.05) is 12.1 Å². The summed E-state index contributed by atoms with van der Waals surface area (Å²) in [6.07, 6.45) is 3.05. The largest absolute Gasteiger partial charge is 0.495 e. The summed E-state index contributed by atoms with van der Waals surface area (Å²) in [6.45, 7) is 0. The number of benzene rings is 2. The third kappa shape index (κ3) is 4.09. The summed E-state index contributed by atoms with van der Waals surface area (Å²) in [5.41, 5.74) is 1.86. The molecular weight excluding hydrogens is 395 g/mol. The van der Waals surface area contributed by atoms with Crippen molar-refractivity contribution in [2.75, 3.05) is 11.8 Å². The summed E-state index contributed by atoms with van der Waals surface area (Å²) in [5, 5.41) is 0.870. The molecule has 0 bridgehead atoms. The van der Waals surface area contributed by atoms with Gasteiger partial charge >= 0.3 is 0 Å². The molecule has 0 amide bonds.